The summed E-state index contributed by atoms with van der Waals surface area (Å²) in [7, 11) is -3.16. The molecule has 1 amide bonds. The molecule has 0 spiro atoms. The van der Waals surface area contributed by atoms with Crippen molar-refractivity contribution in [2.75, 3.05) is 19.3 Å². The number of ether oxygens (including phenoxy) is 1. The summed E-state index contributed by atoms with van der Waals surface area (Å²) >= 11 is 0. The second kappa shape index (κ2) is 8.49. The van der Waals surface area contributed by atoms with Crippen LogP contribution in [0.2, 0.25) is 0 Å². The number of carbonyl (C=O) groups is 1. The van der Waals surface area contributed by atoms with Crippen molar-refractivity contribution < 1.29 is 17.9 Å². The molecule has 8 heteroatoms. The van der Waals surface area contributed by atoms with Crippen LogP contribution in [0.25, 0.3) is 0 Å². The van der Waals surface area contributed by atoms with Crippen molar-refractivity contribution in [1.29, 1.82) is 0 Å². The molecular formula is C19H23N3O4S. The van der Waals surface area contributed by atoms with E-state index < -0.39 is 10.0 Å². The Morgan fingerprint density at radius 3 is 2.37 bits per heavy atom. The number of hydrogen-bond acceptors (Lipinski definition) is 5. The SMILES string of the molecule is CS(=O)(=O)N1CCC(NC(=O)c2ccc(OCc3ccncc3)cc2)CC1. The molecule has 1 fully saturated rings. The van der Waals surface area contributed by atoms with Gasteiger partial charge in [-0.15, -0.1) is 0 Å². The van der Waals surface area contributed by atoms with Gasteiger partial charge in [0.05, 0.1) is 6.26 Å². The molecule has 1 aliphatic rings. The Hall–Kier alpha value is -2.45. The van der Waals surface area contributed by atoms with Gasteiger partial charge in [-0.05, 0) is 54.8 Å². The third-order valence-corrected chi connectivity index (χ3v) is 5.83. The van der Waals surface area contributed by atoms with Gasteiger partial charge in [0.2, 0.25) is 10.0 Å². The quantitative estimate of drug-likeness (QED) is 0.814. The molecule has 0 atom stereocenters. The van der Waals surface area contributed by atoms with Crippen LogP contribution in [-0.4, -0.2) is 49.0 Å². The maximum Gasteiger partial charge on any atom is 0.251 e. The number of rotatable bonds is 6. The molecule has 0 bridgehead atoms. The average molecular weight is 389 g/mol. The monoisotopic (exact) mass is 389 g/mol. The maximum atomic E-state index is 12.4. The molecule has 3 rings (SSSR count). The number of hydrogen-bond donors (Lipinski definition) is 1. The number of nitrogens with zero attached hydrogens (tertiary/aromatic N) is 2. The average Bonchev–Trinajstić information content (AvgIpc) is 2.67. The molecule has 0 unspecified atom stereocenters. The number of aromatic nitrogens is 1. The molecule has 0 radical (unpaired) electrons. The van der Waals surface area contributed by atoms with E-state index in [1.807, 2.05) is 12.1 Å². The highest BCUT2D eigenvalue weighted by molar-refractivity contribution is 7.88. The fourth-order valence-electron chi connectivity index (χ4n) is 2.95. The molecule has 1 aliphatic heterocycles. The summed E-state index contributed by atoms with van der Waals surface area (Å²) in [4.78, 5) is 16.4. The summed E-state index contributed by atoms with van der Waals surface area (Å²) in [5, 5.41) is 2.98. The molecule has 0 aliphatic carbocycles. The normalized spacial score (nSPS) is 16.0. The van der Waals surface area contributed by atoms with Crippen molar-refractivity contribution in [3.8, 4) is 5.75 Å². The van der Waals surface area contributed by atoms with Crippen LogP contribution in [0.1, 0.15) is 28.8 Å². The first kappa shape index (κ1) is 19.3. The number of amides is 1. The number of carbonyl (C=O) groups excluding carboxylic acids is 1. The van der Waals surface area contributed by atoms with E-state index in [0.717, 1.165) is 5.56 Å². The van der Waals surface area contributed by atoms with Crippen LogP contribution in [0.3, 0.4) is 0 Å². The molecule has 1 N–H and O–H groups in total. The zero-order valence-electron chi connectivity index (χ0n) is 15.2. The number of benzene rings is 1. The molecule has 144 valence electrons. The van der Waals surface area contributed by atoms with E-state index in [1.165, 1.54) is 10.6 Å². The van der Waals surface area contributed by atoms with Gasteiger partial charge in [0.25, 0.3) is 5.91 Å². The third-order valence-electron chi connectivity index (χ3n) is 4.53. The molecule has 1 saturated heterocycles. The van der Waals surface area contributed by atoms with Crippen LogP contribution in [0.15, 0.2) is 48.8 Å². The van der Waals surface area contributed by atoms with E-state index in [2.05, 4.69) is 10.3 Å². The van der Waals surface area contributed by atoms with Crippen molar-refractivity contribution in [2.45, 2.75) is 25.5 Å². The topological polar surface area (TPSA) is 88.6 Å². The van der Waals surface area contributed by atoms with Gasteiger partial charge >= 0.3 is 0 Å². The first-order valence-corrected chi connectivity index (χ1v) is 10.6. The Morgan fingerprint density at radius 2 is 1.78 bits per heavy atom. The number of nitrogens with one attached hydrogen (secondary N) is 1. The minimum Gasteiger partial charge on any atom is -0.489 e. The fraction of sp³-hybridized carbons (Fsp3) is 0.368. The molecule has 0 saturated carbocycles. The van der Waals surface area contributed by atoms with Gasteiger partial charge in [-0.3, -0.25) is 9.78 Å². The van der Waals surface area contributed by atoms with Crippen LogP contribution in [0, 0.1) is 0 Å². The maximum absolute atomic E-state index is 12.4. The molecule has 2 aromatic rings. The van der Waals surface area contributed by atoms with Crippen LogP contribution in [0.4, 0.5) is 0 Å². The summed E-state index contributed by atoms with van der Waals surface area (Å²) in [6, 6.07) is 10.7. The highest BCUT2D eigenvalue weighted by Crippen LogP contribution is 2.16. The van der Waals surface area contributed by atoms with Gasteiger partial charge in [-0.25, -0.2) is 12.7 Å². The van der Waals surface area contributed by atoms with E-state index in [9.17, 15) is 13.2 Å². The van der Waals surface area contributed by atoms with E-state index in [0.29, 0.717) is 43.9 Å². The molecule has 2 heterocycles. The Balaban J connectivity index is 1.49. The summed E-state index contributed by atoms with van der Waals surface area (Å²) < 4.78 is 30.2. The summed E-state index contributed by atoms with van der Waals surface area (Å²) in [5.41, 5.74) is 1.57. The standard InChI is InChI=1S/C19H23N3O4S/c1-27(24,25)22-12-8-17(9-13-22)21-19(23)16-2-4-18(5-3-16)26-14-15-6-10-20-11-7-15/h2-7,10-11,17H,8-9,12-14H2,1H3,(H,21,23). The van der Waals surface area contributed by atoms with Crippen molar-refractivity contribution in [2.24, 2.45) is 0 Å². The van der Waals surface area contributed by atoms with Crippen molar-refractivity contribution in [3.05, 3.63) is 59.9 Å². The Kier molecular flexibility index (Phi) is 6.08. The molecular weight excluding hydrogens is 366 g/mol. The Bertz CT molecular complexity index is 862. The second-order valence-electron chi connectivity index (χ2n) is 6.58. The van der Waals surface area contributed by atoms with Crippen LogP contribution in [0.5, 0.6) is 5.75 Å². The highest BCUT2D eigenvalue weighted by Gasteiger charge is 2.25. The highest BCUT2D eigenvalue weighted by atomic mass is 32.2. The lowest BCUT2D eigenvalue weighted by molar-refractivity contribution is 0.0924. The predicted octanol–water partition coefficient (Wildman–Crippen LogP) is 1.81. The second-order valence-corrected chi connectivity index (χ2v) is 8.56. The van der Waals surface area contributed by atoms with Crippen molar-refractivity contribution in [1.82, 2.24) is 14.6 Å². The fourth-order valence-corrected chi connectivity index (χ4v) is 3.82. The molecule has 1 aromatic carbocycles. The number of sulfonamides is 1. The number of pyridine rings is 1. The van der Waals surface area contributed by atoms with Gasteiger partial charge in [-0.2, -0.15) is 0 Å². The van der Waals surface area contributed by atoms with E-state index in [1.54, 1.807) is 36.7 Å². The molecule has 7 nitrogen and oxygen atoms in total. The van der Waals surface area contributed by atoms with E-state index >= 15 is 0 Å². The van der Waals surface area contributed by atoms with E-state index in [-0.39, 0.29) is 11.9 Å². The Labute approximate surface area is 159 Å². The van der Waals surface area contributed by atoms with Crippen LogP contribution >= 0.6 is 0 Å². The van der Waals surface area contributed by atoms with Gasteiger partial charge in [0.15, 0.2) is 0 Å². The van der Waals surface area contributed by atoms with Crippen molar-refractivity contribution >= 4 is 15.9 Å². The summed E-state index contributed by atoms with van der Waals surface area (Å²) in [6.07, 6.45) is 5.88. The van der Waals surface area contributed by atoms with Gasteiger partial charge in [0, 0.05) is 37.1 Å². The van der Waals surface area contributed by atoms with Gasteiger partial charge < -0.3 is 10.1 Å². The minimum atomic E-state index is -3.16. The first-order valence-electron chi connectivity index (χ1n) is 8.79. The van der Waals surface area contributed by atoms with Crippen molar-refractivity contribution in [3.63, 3.8) is 0 Å². The van der Waals surface area contributed by atoms with E-state index in [4.69, 9.17) is 4.74 Å². The first-order chi connectivity index (χ1) is 12.9. The van der Waals surface area contributed by atoms with Gasteiger partial charge in [-0.1, -0.05) is 0 Å². The lowest BCUT2D eigenvalue weighted by atomic mass is 10.1. The largest absolute Gasteiger partial charge is 0.489 e. The number of piperidine rings is 1. The Morgan fingerprint density at radius 1 is 1.15 bits per heavy atom. The predicted molar refractivity (Wildman–Crippen MR) is 102 cm³/mol. The zero-order valence-corrected chi connectivity index (χ0v) is 16.0. The van der Waals surface area contributed by atoms with Crippen LogP contribution in [-0.2, 0) is 16.6 Å². The lowest BCUT2D eigenvalue weighted by Crippen LogP contribution is -2.46. The van der Waals surface area contributed by atoms with Gasteiger partial charge in [0.1, 0.15) is 12.4 Å². The third kappa shape index (κ3) is 5.51. The smallest absolute Gasteiger partial charge is 0.251 e. The minimum absolute atomic E-state index is 0.0156. The molecule has 27 heavy (non-hydrogen) atoms. The summed E-state index contributed by atoms with van der Waals surface area (Å²) in [6.45, 7) is 1.31. The molecule has 1 aromatic heterocycles. The van der Waals surface area contributed by atoms with Crippen LogP contribution < -0.4 is 10.1 Å². The lowest BCUT2D eigenvalue weighted by Gasteiger charge is -2.30. The zero-order chi connectivity index (χ0) is 19.3. The summed E-state index contributed by atoms with van der Waals surface area (Å²) in [5.74, 6) is 0.526.